The third kappa shape index (κ3) is 3.49. The number of halogens is 2. The first-order chi connectivity index (χ1) is 10.9. The molecule has 0 saturated carbocycles. The second kappa shape index (κ2) is 6.33. The first-order valence-corrected chi connectivity index (χ1v) is 9.82. The first kappa shape index (κ1) is 16.6. The van der Waals surface area contributed by atoms with E-state index in [4.69, 9.17) is 9.47 Å². The fraction of sp³-hybridized carbons (Fsp3) is 0.200. The van der Waals surface area contributed by atoms with Gasteiger partial charge in [-0.3, -0.25) is 4.72 Å². The highest BCUT2D eigenvalue weighted by atomic mass is 79.9. The van der Waals surface area contributed by atoms with Crippen molar-refractivity contribution in [1.82, 2.24) is 0 Å². The Morgan fingerprint density at radius 3 is 2.35 bits per heavy atom. The van der Waals surface area contributed by atoms with Crippen molar-refractivity contribution in [2.24, 2.45) is 0 Å². The Morgan fingerprint density at radius 2 is 1.70 bits per heavy atom. The summed E-state index contributed by atoms with van der Waals surface area (Å²) in [6, 6.07) is 8.41. The van der Waals surface area contributed by atoms with E-state index in [0.29, 0.717) is 34.9 Å². The number of anilines is 1. The molecule has 3 rings (SSSR count). The molecule has 2 aromatic carbocycles. The van der Waals surface area contributed by atoms with Gasteiger partial charge in [-0.05, 0) is 52.7 Å². The second-order valence-electron chi connectivity index (χ2n) is 4.99. The Balaban J connectivity index is 1.99. The van der Waals surface area contributed by atoms with Crippen molar-refractivity contribution in [3.63, 3.8) is 0 Å². The van der Waals surface area contributed by atoms with Crippen LogP contribution in [0, 0.1) is 6.92 Å². The van der Waals surface area contributed by atoms with Gasteiger partial charge in [0.1, 0.15) is 18.1 Å². The standard InChI is InChI=1S/C15H13Br2NO4S/c1-9-6-10(16)2-3-12(9)18-23(19,20)15-8-14-13(7-11(15)17)21-4-5-22-14/h2-3,6-8,18H,4-5H2,1H3. The van der Waals surface area contributed by atoms with E-state index in [2.05, 4.69) is 36.6 Å². The van der Waals surface area contributed by atoms with Crippen LogP contribution >= 0.6 is 31.9 Å². The van der Waals surface area contributed by atoms with E-state index in [0.717, 1.165) is 10.0 Å². The number of rotatable bonds is 3. The van der Waals surface area contributed by atoms with Crippen LogP contribution in [0.4, 0.5) is 5.69 Å². The van der Waals surface area contributed by atoms with E-state index >= 15 is 0 Å². The summed E-state index contributed by atoms with van der Waals surface area (Å²) < 4.78 is 40.2. The van der Waals surface area contributed by atoms with Crippen LogP contribution in [-0.4, -0.2) is 21.6 Å². The quantitative estimate of drug-likeness (QED) is 0.745. The molecule has 1 heterocycles. The Labute approximate surface area is 151 Å². The number of hydrogen-bond donors (Lipinski definition) is 1. The van der Waals surface area contributed by atoms with Gasteiger partial charge in [-0.1, -0.05) is 15.9 Å². The zero-order valence-electron chi connectivity index (χ0n) is 12.1. The summed E-state index contributed by atoms with van der Waals surface area (Å²) in [7, 11) is -3.76. The fourth-order valence-electron chi connectivity index (χ4n) is 2.19. The maximum Gasteiger partial charge on any atom is 0.263 e. The molecule has 1 aliphatic rings. The fourth-order valence-corrected chi connectivity index (χ4v) is 4.84. The number of aryl methyl sites for hydroxylation is 1. The zero-order valence-corrected chi connectivity index (χ0v) is 16.1. The number of nitrogens with one attached hydrogen (secondary N) is 1. The molecule has 0 unspecified atom stereocenters. The summed E-state index contributed by atoms with van der Waals surface area (Å²) >= 11 is 6.65. The molecule has 0 atom stereocenters. The Morgan fingerprint density at radius 1 is 1.04 bits per heavy atom. The van der Waals surface area contributed by atoms with Crippen LogP contribution in [0.1, 0.15) is 5.56 Å². The molecule has 1 aliphatic heterocycles. The van der Waals surface area contributed by atoms with Crippen molar-refractivity contribution in [1.29, 1.82) is 0 Å². The highest BCUT2D eigenvalue weighted by Crippen LogP contribution is 2.38. The Bertz CT molecular complexity index is 868. The molecule has 0 fully saturated rings. The molecule has 1 N–H and O–H groups in total. The minimum Gasteiger partial charge on any atom is -0.486 e. The van der Waals surface area contributed by atoms with Crippen LogP contribution in [0.25, 0.3) is 0 Å². The topological polar surface area (TPSA) is 64.6 Å². The lowest BCUT2D eigenvalue weighted by Crippen LogP contribution is -2.18. The van der Waals surface area contributed by atoms with Crippen LogP contribution in [0.3, 0.4) is 0 Å². The molecule has 122 valence electrons. The molecule has 0 bridgehead atoms. The van der Waals surface area contributed by atoms with Gasteiger partial charge < -0.3 is 9.47 Å². The smallest absolute Gasteiger partial charge is 0.263 e. The first-order valence-electron chi connectivity index (χ1n) is 6.75. The highest BCUT2D eigenvalue weighted by molar-refractivity contribution is 9.10. The zero-order chi connectivity index (χ0) is 16.6. The van der Waals surface area contributed by atoms with Crippen LogP contribution in [0.2, 0.25) is 0 Å². The van der Waals surface area contributed by atoms with Crippen molar-refractivity contribution < 1.29 is 17.9 Å². The van der Waals surface area contributed by atoms with E-state index < -0.39 is 10.0 Å². The second-order valence-corrected chi connectivity index (χ2v) is 8.41. The molecule has 0 radical (unpaired) electrons. The normalized spacial score (nSPS) is 13.7. The summed E-state index contributed by atoms with van der Waals surface area (Å²) in [6.07, 6.45) is 0. The van der Waals surface area contributed by atoms with E-state index in [1.165, 1.54) is 6.07 Å². The predicted octanol–water partition coefficient (Wildman–Crippen LogP) is 4.09. The molecule has 0 amide bonds. The van der Waals surface area contributed by atoms with Gasteiger partial charge in [-0.2, -0.15) is 0 Å². The van der Waals surface area contributed by atoms with Gasteiger partial charge in [0.05, 0.1) is 5.69 Å². The third-order valence-electron chi connectivity index (χ3n) is 3.32. The summed E-state index contributed by atoms with van der Waals surface area (Å²) in [4.78, 5) is 0.101. The van der Waals surface area contributed by atoms with Gasteiger partial charge in [0.25, 0.3) is 10.0 Å². The molecule has 2 aromatic rings. The summed E-state index contributed by atoms with van der Waals surface area (Å²) in [5.41, 5.74) is 1.34. The van der Waals surface area contributed by atoms with Crippen LogP contribution in [-0.2, 0) is 10.0 Å². The summed E-state index contributed by atoms with van der Waals surface area (Å²) in [6.45, 7) is 2.68. The number of fused-ring (bicyclic) bond motifs is 1. The van der Waals surface area contributed by atoms with E-state index in [9.17, 15) is 8.42 Å². The largest absolute Gasteiger partial charge is 0.486 e. The predicted molar refractivity (Wildman–Crippen MR) is 94.8 cm³/mol. The number of ether oxygens (including phenoxy) is 2. The van der Waals surface area contributed by atoms with Gasteiger partial charge in [-0.15, -0.1) is 0 Å². The van der Waals surface area contributed by atoms with Crippen molar-refractivity contribution in [2.45, 2.75) is 11.8 Å². The summed E-state index contributed by atoms with van der Waals surface area (Å²) in [5, 5.41) is 0. The van der Waals surface area contributed by atoms with Gasteiger partial charge >= 0.3 is 0 Å². The van der Waals surface area contributed by atoms with Crippen LogP contribution in [0.15, 0.2) is 44.2 Å². The molecule has 23 heavy (non-hydrogen) atoms. The number of hydrogen-bond acceptors (Lipinski definition) is 4. The van der Waals surface area contributed by atoms with Gasteiger partial charge in [0.2, 0.25) is 0 Å². The van der Waals surface area contributed by atoms with Gasteiger partial charge in [0, 0.05) is 15.0 Å². The molecule has 5 nitrogen and oxygen atoms in total. The van der Waals surface area contributed by atoms with Crippen molar-refractivity contribution in [3.05, 3.63) is 44.8 Å². The average Bonchev–Trinajstić information content (AvgIpc) is 2.49. The van der Waals surface area contributed by atoms with Gasteiger partial charge in [-0.25, -0.2) is 8.42 Å². The molecule has 0 saturated heterocycles. The SMILES string of the molecule is Cc1cc(Br)ccc1NS(=O)(=O)c1cc2c(cc1Br)OCCO2. The van der Waals surface area contributed by atoms with Crippen molar-refractivity contribution in [3.8, 4) is 11.5 Å². The molecule has 8 heteroatoms. The third-order valence-corrected chi connectivity index (χ3v) is 6.14. The molecular formula is C15H13Br2NO4S. The number of benzene rings is 2. The molecular weight excluding hydrogens is 450 g/mol. The highest BCUT2D eigenvalue weighted by Gasteiger charge is 2.23. The maximum absolute atomic E-state index is 12.7. The number of sulfonamides is 1. The van der Waals surface area contributed by atoms with Crippen molar-refractivity contribution >= 4 is 47.6 Å². The minimum atomic E-state index is -3.76. The lowest BCUT2D eigenvalue weighted by Gasteiger charge is -2.20. The van der Waals surface area contributed by atoms with Crippen LogP contribution < -0.4 is 14.2 Å². The lowest BCUT2D eigenvalue weighted by atomic mass is 10.2. The lowest BCUT2D eigenvalue weighted by molar-refractivity contribution is 0.171. The van der Waals surface area contributed by atoms with E-state index in [-0.39, 0.29) is 4.90 Å². The summed E-state index contributed by atoms with van der Waals surface area (Å²) in [5.74, 6) is 0.953. The van der Waals surface area contributed by atoms with E-state index in [1.54, 1.807) is 18.2 Å². The van der Waals surface area contributed by atoms with Gasteiger partial charge in [0.15, 0.2) is 11.5 Å². The van der Waals surface area contributed by atoms with Crippen LogP contribution in [0.5, 0.6) is 11.5 Å². The Kier molecular flexibility index (Phi) is 4.57. The average molecular weight is 463 g/mol. The molecule has 0 aliphatic carbocycles. The monoisotopic (exact) mass is 461 g/mol. The minimum absolute atomic E-state index is 0.101. The molecule has 0 aromatic heterocycles. The van der Waals surface area contributed by atoms with Crippen molar-refractivity contribution in [2.75, 3.05) is 17.9 Å². The molecule has 0 spiro atoms. The maximum atomic E-state index is 12.7. The van der Waals surface area contributed by atoms with E-state index in [1.807, 2.05) is 13.0 Å². The Hall–Kier alpha value is -1.25.